The molecule has 2 fully saturated rings. The average Bonchev–Trinajstić information content (AvgIpc) is 2.87. The summed E-state index contributed by atoms with van der Waals surface area (Å²) in [5.41, 5.74) is 7.81. The van der Waals surface area contributed by atoms with E-state index in [4.69, 9.17) is 18.0 Å². The van der Waals surface area contributed by atoms with Gasteiger partial charge in [-0.1, -0.05) is 12.2 Å². The van der Waals surface area contributed by atoms with Gasteiger partial charge in [0.25, 0.3) is 0 Å². The van der Waals surface area contributed by atoms with Gasteiger partial charge >= 0.3 is 0 Å². The van der Waals surface area contributed by atoms with Gasteiger partial charge in [0, 0.05) is 32.7 Å². The highest BCUT2D eigenvalue weighted by molar-refractivity contribution is 7.80. The van der Waals surface area contributed by atoms with Crippen molar-refractivity contribution in [2.75, 3.05) is 31.1 Å². The molecular weight excluding hydrogens is 270 g/mol. The quantitative estimate of drug-likeness (QED) is 0.826. The molecule has 5 nitrogen and oxygen atoms in total. The Bertz CT molecular complexity index is 524. The van der Waals surface area contributed by atoms with Crippen molar-refractivity contribution in [3.63, 3.8) is 0 Å². The van der Waals surface area contributed by atoms with Crippen LogP contribution in [0.2, 0.25) is 0 Å². The molecular formula is C14H23N5S. The van der Waals surface area contributed by atoms with E-state index >= 15 is 0 Å². The molecule has 0 amide bonds. The first kappa shape index (κ1) is 13.8. The van der Waals surface area contributed by atoms with Gasteiger partial charge in [-0.3, -0.25) is 9.58 Å². The highest BCUT2D eigenvalue weighted by Gasteiger charge is 2.31. The van der Waals surface area contributed by atoms with E-state index in [1.165, 1.54) is 32.4 Å². The Morgan fingerprint density at radius 1 is 1.30 bits per heavy atom. The number of aryl methyl sites for hydroxylation is 2. The van der Waals surface area contributed by atoms with Crippen LogP contribution in [-0.2, 0) is 7.05 Å². The number of rotatable bonds is 2. The maximum absolute atomic E-state index is 5.92. The number of nitrogens with zero attached hydrogens (tertiary/aromatic N) is 4. The van der Waals surface area contributed by atoms with Crippen LogP contribution in [0.25, 0.3) is 0 Å². The fourth-order valence-corrected chi connectivity index (χ4v) is 3.94. The Morgan fingerprint density at radius 2 is 2.05 bits per heavy atom. The van der Waals surface area contributed by atoms with Gasteiger partial charge in [-0.25, -0.2) is 0 Å². The summed E-state index contributed by atoms with van der Waals surface area (Å²) in [6.45, 7) is 6.57. The fourth-order valence-electron chi connectivity index (χ4n) is 3.70. The molecule has 6 heteroatoms. The van der Waals surface area contributed by atoms with Crippen LogP contribution in [0.5, 0.6) is 0 Å². The molecule has 1 aromatic heterocycles. The predicted octanol–water partition coefficient (Wildman–Crippen LogP) is 1.04. The minimum absolute atomic E-state index is 0.457. The average molecular weight is 293 g/mol. The SMILES string of the molecule is Cc1nn(C)c(N2CCCN3CCCC3C2)c1C(N)=S. The Morgan fingerprint density at radius 3 is 2.80 bits per heavy atom. The van der Waals surface area contributed by atoms with Crippen molar-refractivity contribution in [2.45, 2.75) is 32.2 Å². The third kappa shape index (κ3) is 2.31. The van der Waals surface area contributed by atoms with E-state index in [0.717, 1.165) is 30.2 Å². The van der Waals surface area contributed by atoms with Crippen LogP contribution in [0.3, 0.4) is 0 Å². The molecule has 1 unspecified atom stereocenters. The van der Waals surface area contributed by atoms with E-state index in [1.807, 2.05) is 18.7 Å². The number of fused-ring (bicyclic) bond motifs is 1. The van der Waals surface area contributed by atoms with Gasteiger partial charge in [-0.15, -0.1) is 0 Å². The third-order valence-electron chi connectivity index (χ3n) is 4.54. The molecule has 110 valence electrons. The monoisotopic (exact) mass is 293 g/mol. The maximum Gasteiger partial charge on any atom is 0.137 e. The first-order valence-electron chi connectivity index (χ1n) is 7.40. The van der Waals surface area contributed by atoms with Crippen LogP contribution in [0, 0.1) is 6.92 Å². The van der Waals surface area contributed by atoms with Crippen molar-refractivity contribution in [3.8, 4) is 0 Å². The molecule has 1 aromatic rings. The van der Waals surface area contributed by atoms with E-state index in [9.17, 15) is 0 Å². The van der Waals surface area contributed by atoms with Gasteiger partial charge < -0.3 is 10.6 Å². The molecule has 0 radical (unpaired) electrons. The molecule has 0 saturated carbocycles. The molecule has 3 heterocycles. The summed E-state index contributed by atoms with van der Waals surface area (Å²) in [6, 6.07) is 0.673. The first-order valence-corrected chi connectivity index (χ1v) is 7.81. The van der Waals surface area contributed by atoms with Gasteiger partial charge in [0.1, 0.15) is 10.8 Å². The smallest absolute Gasteiger partial charge is 0.137 e. The van der Waals surface area contributed by atoms with E-state index < -0.39 is 0 Å². The number of hydrogen-bond donors (Lipinski definition) is 1. The Balaban J connectivity index is 1.94. The molecule has 0 aromatic carbocycles. The molecule has 0 bridgehead atoms. The summed E-state index contributed by atoms with van der Waals surface area (Å²) in [7, 11) is 1.99. The third-order valence-corrected chi connectivity index (χ3v) is 4.75. The van der Waals surface area contributed by atoms with E-state index in [-0.39, 0.29) is 0 Å². The maximum atomic E-state index is 5.92. The Kier molecular flexibility index (Phi) is 3.69. The second kappa shape index (κ2) is 5.33. The molecule has 2 aliphatic heterocycles. The van der Waals surface area contributed by atoms with E-state index in [1.54, 1.807) is 0 Å². The number of anilines is 1. The van der Waals surface area contributed by atoms with Crippen LogP contribution in [0.15, 0.2) is 0 Å². The fraction of sp³-hybridized carbons (Fsp3) is 0.714. The highest BCUT2D eigenvalue weighted by Crippen LogP contribution is 2.28. The van der Waals surface area contributed by atoms with Crippen molar-refractivity contribution in [3.05, 3.63) is 11.3 Å². The standard InChI is InChI=1S/C14H23N5S/c1-10-12(13(15)20)14(17(2)16-10)19-8-4-7-18-6-3-5-11(18)9-19/h11H,3-9H2,1-2H3,(H2,15,20). The minimum atomic E-state index is 0.457. The second-order valence-electron chi connectivity index (χ2n) is 5.90. The summed E-state index contributed by atoms with van der Waals surface area (Å²) < 4.78 is 1.94. The zero-order chi connectivity index (χ0) is 14.3. The van der Waals surface area contributed by atoms with Crippen LogP contribution in [0.4, 0.5) is 5.82 Å². The van der Waals surface area contributed by atoms with Crippen LogP contribution >= 0.6 is 12.2 Å². The summed E-state index contributed by atoms with van der Waals surface area (Å²) in [5.74, 6) is 1.10. The normalized spacial score (nSPS) is 23.7. The topological polar surface area (TPSA) is 50.3 Å². The number of thiocarbonyl (C=S) groups is 1. The number of aromatic nitrogens is 2. The number of nitrogens with two attached hydrogens (primary N) is 1. The van der Waals surface area contributed by atoms with Crippen molar-refractivity contribution in [1.29, 1.82) is 0 Å². The van der Waals surface area contributed by atoms with Gasteiger partial charge in [-0.2, -0.15) is 5.10 Å². The van der Waals surface area contributed by atoms with Crippen LogP contribution < -0.4 is 10.6 Å². The van der Waals surface area contributed by atoms with Crippen LogP contribution in [0.1, 0.15) is 30.5 Å². The minimum Gasteiger partial charge on any atom is -0.389 e. The molecule has 3 rings (SSSR count). The first-order chi connectivity index (χ1) is 9.58. The van der Waals surface area contributed by atoms with Gasteiger partial charge in [-0.05, 0) is 32.7 Å². The molecule has 0 aliphatic carbocycles. The highest BCUT2D eigenvalue weighted by atomic mass is 32.1. The van der Waals surface area contributed by atoms with E-state index in [0.29, 0.717) is 11.0 Å². The van der Waals surface area contributed by atoms with Crippen molar-refractivity contribution in [2.24, 2.45) is 12.8 Å². The van der Waals surface area contributed by atoms with Crippen LogP contribution in [-0.4, -0.2) is 51.9 Å². The van der Waals surface area contributed by atoms with Crippen molar-refractivity contribution in [1.82, 2.24) is 14.7 Å². The lowest BCUT2D eigenvalue weighted by Crippen LogP contribution is -2.38. The summed E-state index contributed by atoms with van der Waals surface area (Å²) >= 11 is 5.23. The molecule has 1 atom stereocenters. The second-order valence-corrected chi connectivity index (χ2v) is 6.34. The van der Waals surface area contributed by atoms with Crippen molar-refractivity contribution < 1.29 is 0 Å². The summed E-state index contributed by atoms with van der Waals surface area (Å²) in [4.78, 5) is 5.52. The molecule has 0 spiro atoms. The zero-order valence-electron chi connectivity index (χ0n) is 12.3. The molecule has 20 heavy (non-hydrogen) atoms. The van der Waals surface area contributed by atoms with Gasteiger partial charge in [0.15, 0.2) is 0 Å². The number of hydrogen-bond acceptors (Lipinski definition) is 4. The molecule has 2 saturated heterocycles. The van der Waals surface area contributed by atoms with Gasteiger partial charge in [0.05, 0.1) is 11.3 Å². The summed E-state index contributed by atoms with van der Waals surface area (Å²) in [6.07, 6.45) is 3.82. The Labute approximate surface area is 125 Å². The molecule has 2 aliphatic rings. The van der Waals surface area contributed by atoms with Gasteiger partial charge in [0.2, 0.25) is 0 Å². The lowest BCUT2D eigenvalue weighted by molar-refractivity contribution is 0.273. The zero-order valence-corrected chi connectivity index (χ0v) is 13.1. The van der Waals surface area contributed by atoms with Crippen molar-refractivity contribution >= 4 is 23.0 Å². The lowest BCUT2D eigenvalue weighted by atomic mass is 10.2. The largest absolute Gasteiger partial charge is 0.389 e. The lowest BCUT2D eigenvalue weighted by Gasteiger charge is -2.28. The van der Waals surface area contributed by atoms with E-state index in [2.05, 4.69) is 14.9 Å². The Hall–Kier alpha value is -1.14. The summed E-state index contributed by atoms with van der Waals surface area (Å²) in [5, 5.41) is 4.52. The predicted molar refractivity (Wildman–Crippen MR) is 85.3 cm³/mol. The molecule has 2 N–H and O–H groups in total.